The van der Waals surface area contributed by atoms with Gasteiger partial charge in [-0.15, -0.1) is 0 Å². The maximum absolute atomic E-state index is 11.5. The van der Waals surface area contributed by atoms with Crippen LogP contribution in [0.4, 0.5) is 0 Å². The zero-order valence-corrected chi connectivity index (χ0v) is 11.4. The van der Waals surface area contributed by atoms with Crippen LogP contribution in [-0.4, -0.2) is 45.3 Å². The summed E-state index contributed by atoms with van der Waals surface area (Å²) in [6.07, 6.45) is 3.00. The quantitative estimate of drug-likeness (QED) is 0.593. The van der Waals surface area contributed by atoms with Crippen molar-refractivity contribution >= 4 is 21.8 Å². The minimum absolute atomic E-state index is 0.161. The van der Waals surface area contributed by atoms with E-state index in [0.717, 1.165) is 13.0 Å². The largest absolute Gasteiger partial charge is 0.316 e. The third kappa shape index (κ3) is 9.17. The first-order valence-electron chi connectivity index (χ1n) is 5.22. The SMILES string of the molecule is CCCNCCS(=O)(=O)NCC(C)SC. The van der Waals surface area contributed by atoms with E-state index in [-0.39, 0.29) is 5.75 Å². The van der Waals surface area contributed by atoms with E-state index in [4.69, 9.17) is 0 Å². The first-order valence-corrected chi connectivity index (χ1v) is 8.16. The van der Waals surface area contributed by atoms with Crippen LogP contribution in [0.25, 0.3) is 0 Å². The molecule has 0 saturated heterocycles. The summed E-state index contributed by atoms with van der Waals surface area (Å²) in [6, 6.07) is 0. The van der Waals surface area contributed by atoms with Crippen molar-refractivity contribution in [3.05, 3.63) is 0 Å². The third-order valence-electron chi connectivity index (χ3n) is 1.97. The van der Waals surface area contributed by atoms with Gasteiger partial charge in [-0.3, -0.25) is 0 Å². The Morgan fingerprint density at radius 3 is 2.53 bits per heavy atom. The summed E-state index contributed by atoms with van der Waals surface area (Å²) < 4.78 is 25.5. The maximum Gasteiger partial charge on any atom is 0.212 e. The summed E-state index contributed by atoms with van der Waals surface area (Å²) in [7, 11) is -3.09. The van der Waals surface area contributed by atoms with Crippen LogP contribution in [0.3, 0.4) is 0 Å². The van der Waals surface area contributed by atoms with Crippen molar-refractivity contribution in [2.75, 3.05) is 31.6 Å². The second-order valence-corrected chi connectivity index (χ2v) is 6.67. The van der Waals surface area contributed by atoms with E-state index in [2.05, 4.69) is 17.0 Å². The molecule has 0 aromatic rings. The predicted molar refractivity (Wildman–Crippen MR) is 67.9 cm³/mol. The fourth-order valence-electron chi connectivity index (χ4n) is 0.908. The monoisotopic (exact) mass is 254 g/mol. The van der Waals surface area contributed by atoms with Crippen LogP contribution in [0.5, 0.6) is 0 Å². The standard InChI is InChI=1S/C9H22N2O2S2/c1-4-5-10-6-7-15(12,13)11-8-9(2)14-3/h9-11H,4-8H2,1-3H3. The van der Waals surface area contributed by atoms with E-state index in [0.29, 0.717) is 18.3 Å². The minimum atomic E-state index is -3.09. The summed E-state index contributed by atoms with van der Waals surface area (Å²) in [4.78, 5) is 0. The summed E-state index contributed by atoms with van der Waals surface area (Å²) in [6.45, 7) is 5.97. The topological polar surface area (TPSA) is 58.2 Å². The molecule has 4 nitrogen and oxygen atoms in total. The van der Waals surface area contributed by atoms with Gasteiger partial charge in [-0.1, -0.05) is 13.8 Å². The number of thioether (sulfide) groups is 1. The predicted octanol–water partition coefficient (Wildman–Crippen LogP) is 0.657. The molecule has 0 aliphatic carbocycles. The van der Waals surface area contributed by atoms with E-state index in [1.54, 1.807) is 11.8 Å². The molecule has 0 aliphatic rings. The molecule has 1 unspecified atom stereocenters. The molecule has 0 aromatic heterocycles. The average Bonchev–Trinajstić information content (AvgIpc) is 2.21. The highest BCUT2D eigenvalue weighted by Crippen LogP contribution is 2.03. The van der Waals surface area contributed by atoms with E-state index < -0.39 is 10.0 Å². The number of hydrogen-bond donors (Lipinski definition) is 2. The summed E-state index contributed by atoms with van der Waals surface area (Å²) >= 11 is 1.65. The zero-order chi connectivity index (χ0) is 11.7. The van der Waals surface area contributed by atoms with Gasteiger partial charge in [0.1, 0.15) is 0 Å². The highest BCUT2D eigenvalue weighted by molar-refractivity contribution is 7.99. The fourth-order valence-corrected chi connectivity index (χ4v) is 2.32. The summed E-state index contributed by atoms with van der Waals surface area (Å²) in [5.41, 5.74) is 0. The lowest BCUT2D eigenvalue weighted by atomic mass is 10.5. The first kappa shape index (κ1) is 15.2. The molecule has 0 bridgehead atoms. The van der Waals surface area contributed by atoms with E-state index in [9.17, 15) is 8.42 Å². The van der Waals surface area contributed by atoms with E-state index in [1.807, 2.05) is 13.2 Å². The Morgan fingerprint density at radius 1 is 1.33 bits per heavy atom. The van der Waals surface area contributed by atoms with Crippen molar-refractivity contribution in [2.45, 2.75) is 25.5 Å². The highest BCUT2D eigenvalue weighted by atomic mass is 32.2. The molecule has 1 atom stereocenters. The van der Waals surface area contributed by atoms with Crippen molar-refractivity contribution in [3.63, 3.8) is 0 Å². The second kappa shape index (κ2) is 8.38. The second-order valence-electron chi connectivity index (χ2n) is 3.46. The third-order valence-corrected chi connectivity index (χ3v) is 4.29. The Morgan fingerprint density at radius 2 is 2.00 bits per heavy atom. The smallest absolute Gasteiger partial charge is 0.212 e. The molecular formula is C9H22N2O2S2. The molecule has 0 heterocycles. The molecule has 0 radical (unpaired) electrons. The molecule has 0 fully saturated rings. The van der Waals surface area contributed by atoms with Crippen molar-refractivity contribution in [1.82, 2.24) is 10.0 Å². The molecule has 0 saturated carbocycles. The Kier molecular flexibility index (Phi) is 8.50. The van der Waals surface area contributed by atoms with Crippen LogP contribution in [0.2, 0.25) is 0 Å². The lowest BCUT2D eigenvalue weighted by Crippen LogP contribution is -2.35. The van der Waals surface area contributed by atoms with Crippen LogP contribution in [0.1, 0.15) is 20.3 Å². The number of nitrogens with one attached hydrogen (secondary N) is 2. The Bertz CT molecular complexity index is 242. The van der Waals surface area contributed by atoms with Gasteiger partial charge in [0, 0.05) is 18.3 Å². The molecule has 0 aromatic carbocycles. The molecule has 92 valence electrons. The normalized spacial score (nSPS) is 14.1. The van der Waals surface area contributed by atoms with Crippen molar-refractivity contribution < 1.29 is 8.42 Å². The Balaban J connectivity index is 3.68. The molecule has 6 heteroatoms. The molecule has 0 spiro atoms. The molecular weight excluding hydrogens is 232 g/mol. The van der Waals surface area contributed by atoms with Gasteiger partial charge in [-0.2, -0.15) is 11.8 Å². The van der Waals surface area contributed by atoms with Crippen LogP contribution in [0, 0.1) is 0 Å². The van der Waals surface area contributed by atoms with Crippen LogP contribution < -0.4 is 10.0 Å². The molecule has 0 aliphatic heterocycles. The zero-order valence-electron chi connectivity index (χ0n) is 9.75. The Hall–Kier alpha value is 0.220. The van der Waals surface area contributed by atoms with Gasteiger partial charge >= 0.3 is 0 Å². The van der Waals surface area contributed by atoms with Gasteiger partial charge in [0.2, 0.25) is 10.0 Å². The molecule has 15 heavy (non-hydrogen) atoms. The number of rotatable bonds is 9. The highest BCUT2D eigenvalue weighted by Gasteiger charge is 2.10. The summed E-state index contributed by atoms with van der Waals surface area (Å²) in [5, 5.41) is 3.39. The van der Waals surface area contributed by atoms with Crippen LogP contribution in [0.15, 0.2) is 0 Å². The van der Waals surface area contributed by atoms with Crippen molar-refractivity contribution in [2.24, 2.45) is 0 Å². The molecule has 0 rings (SSSR count). The fraction of sp³-hybridized carbons (Fsp3) is 1.00. The van der Waals surface area contributed by atoms with Gasteiger partial charge in [-0.05, 0) is 19.2 Å². The average molecular weight is 254 g/mol. The summed E-state index contributed by atoms with van der Waals surface area (Å²) in [5.74, 6) is 0.161. The van der Waals surface area contributed by atoms with Crippen molar-refractivity contribution in [1.29, 1.82) is 0 Å². The lowest BCUT2D eigenvalue weighted by Gasteiger charge is -2.10. The van der Waals surface area contributed by atoms with Gasteiger partial charge in [0.25, 0.3) is 0 Å². The lowest BCUT2D eigenvalue weighted by molar-refractivity contribution is 0.576. The number of hydrogen-bond acceptors (Lipinski definition) is 4. The van der Waals surface area contributed by atoms with E-state index in [1.165, 1.54) is 0 Å². The number of sulfonamides is 1. The Labute approximate surface area is 97.6 Å². The van der Waals surface area contributed by atoms with Crippen LogP contribution in [-0.2, 0) is 10.0 Å². The first-order chi connectivity index (χ1) is 7.02. The molecule has 2 N–H and O–H groups in total. The van der Waals surface area contributed by atoms with Crippen molar-refractivity contribution in [3.8, 4) is 0 Å². The maximum atomic E-state index is 11.5. The van der Waals surface area contributed by atoms with Gasteiger partial charge < -0.3 is 5.32 Å². The van der Waals surface area contributed by atoms with Gasteiger partial charge in [0.15, 0.2) is 0 Å². The van der Waals surface area contributed by atoms with Gasteiger partial charge in [-0.25, -0.2) is 13.1 Å². The van der Waals surface area contributed by atoms with Gasteiger partial charge in [0.05, 0.1) is 5.75 Å². The van der Waals surface area contributed by atoms with Crippen LogP contribution >= 0.6 is 11.8 Å². The molecule has 0 amide bonds. The van der Waals surface area contributed by atoms with E-state index >= 15 is 0 Å². The minimum Gasteiger partial charge on any atom is -0.316 e.